The van der Waals surface area contributed by atoms with Crippen LogP contribution in [0, 0.1) is 40.5 Å². The number of fused-ring (bicyclic) bond motifs is 2. The second-order valence-corrected chi connectivity index (χ2v) is 11.5. The molecule has 1 unspecified atom stereocenters. The van der Waals surface area contributed by atoms with Gasteiger partial charge < -0.3 is 10.0 Å². The van der Waals surface area contributed by atoms with Crippen LogP contribution in [0.15, 0.2) is 36.4 Å². The lowest BCUT2D eigenvalue weighted by Crippen LogP contribution is -2.37. The van der Waals surface area contributed by atoms with Crippen LogP contribution in [0.4, 0.5) is 0 Å². The molecule has 0 fully saturated rings. The molecule has 0 aliphatic carbocycles. The van der Waals surface area contributed by atoms with Crippen LogP contribution in [0.1, 0.15) is 86.6 Å². The zero-order valence-corrected chi connectivity index (χ0v) is 25.2. The number of aryl methyl sites for hydroxylation is 4. The quantitative estimate of drug-likeness (QED) is 0.285. The fraction of sp³-hybridized carbons (Fsp3) is 0.412. The average molecular weight is 553 g/mol. The fourth-order valence-corrected chi connectivity index (χ4v) is 6.57. The number of benzene rings is 3. The van der Waals surface area contributed by atoms with E-state index in [4.69, 9.17) is 0 Å². The van der Waals surface area contributed by atoms with Gasteiger partial charge in [0.25, 0.3) is 5.91 Å². The molecule has 0 radical (unpaired) electrons. The second kappa shape index (κ2) is 11.1. The highest BCUT2D eigenvalue weighted by molar-refractivity contribution is 5.98. The first-order valence-electron chi connectivity index (χ1n) is 14.6. The number of hydrogen-bond donors (Lipinski definition) is 1. The van der Waals surface area contributed by atoms with Crippen LogP contribution < -0.4 is 0 Å². The summed E-state index contributed by atoms with van der Waals surface area (Å²) in [6.07, 6.45) is 1.27. The highest BCUT2D eigenvalue weighted by Crippen LogP contribution is 2.39. The van der Waals surface area contributed by atoms with Gasteiger partial charge in [0, 0.05) is 31.1 Å². The van der Waals surface area contributed by atoms with Crippen molar-refractivity contribution in [1.29, 1.82) is 0 Å². The zero-order valence-electron chi connectivity index (χ0n) is 25.2. The summed E-state index contributed by atoms with van der Waals surface area (Å²) in [7, 11) is 0. The van der Waals surface area contributed by atoms with E-state index in [0.717, 1.165) is 67.5 Å². The maximum atomic E-state index is 13.9. The number of carbonyl (C=O) groups is 2. The monoisotopic (exact) mass is 552 g/mol. The molecule has 41 heavy (non-hydrogen) atoms. The molecule has 1 aliphatic rings. The number of carbonyl (C=O) groups excluding carboxylic acids is 1. The summed E-state index contributed by atoms with van der Waals surface area (Å²) < 4.78 is 1.86. The van der Waals surface area contributed by atoms with Crippen molar-refractivity contribution in [2.45, 2.75) is 80.3 Å². The molecule has 4 aromatic rings. The van der Waals surface area contributed by atoms with Gasteiger partial charge in [-0.25, -0.2) is 4.68 Å². The SMILES string of the molecule is CCC(C(=O)O)[C@@H](c1ccc2c(c1)CN(C(=O)c1c(C)c(C)cc(C)c1C)CC2)c1ccc2c(nnn2CC)c1C. The number of carboxylic acid groups (broad SMARTS) is 1. The fourth-order valence-electron chi connectivity index (χ4n) is 6.57. The molecule has 0 saturated carbocycles. The molecule has 214 valence electrons. The molecular weight excluding hydrogens is 512 g/mol. The minimum absolute atomic E-state index is 0.0664. The van der Waals surface area contributed by atoms with E-state index in [1.54, 1.807) is 0 Å². The van der Waals surface area contributed by atoms with E-state index >= 15 is 0 Å². The Labute approximate surface area is 242 Å². The van der Waals surface area contributed by atoms with Crippen molar-refractivity contribution < 1.29 is 14.7 Å². The van der Waals surface area contributed by atoms with Crippen molar-refractivity contribution in [3.05, 3.63) is 92.0 Å². The highest BCUT2D eigenvalue weighted by Gasteiger charge is 2.33. The van der Waals surface area contributed by atoms with Gasteiger partial charge in [-0.2, -0.15) is 0 Å². The molecule has 1 amide bonds. The molecule has 2 atom stereocenters. The number of nitrogens with zero attached hydrogens (tertiary/aromatic N) is 4. The Bertz CT molecular complexity index is 1640. The lowest BCUT2D eigenvalue weighted by Gasteiger charge is -2.32. The Morgan fingerprint density at radius 1 is 0.927 bits per heavy atom. The summed E-state index contributed by atoms with van der Waals surface area (Å²) in [5.41, 5.74) is 12.1. The van der Waals surface area contributed by atoms with Crippen molar-refractivity contribution in [3.8, 4) is 0 Å². The Morgan fingerprint density at radius 3 is 2.27 bits per heavy atom. The molecule has 2 heterocycles. The summed E-state index contributed by atoms with van der Waals surface area (Å²) in [5, 5.41) is 19.0. The Kier molecular flexibility index (Phi) is 7.73. The third-order valence-electron chi connectivity index (χ3n) is 9.25. The second-order valence-electron chi connectivity index (χ2n) is 11.5. The van der Waals surface area contributed by atoms with E-state index in [1.165, 1.54) is 5.56 Å². The van der Waals surface area contributed by atoms with Crippen molar-refractivity contribution in [2.24, 2.45) is 5.92 Å². The molecule has 0 saturated heterocycles. The lowest BCUT2D eigenvalue weighted by molar-refractivity contribution is -0.142. The number of hydrogen-bond acceptors (Lipinski definition) is 4. The van der Waals surface area contributed by atoms with E-state index in [-0.39, 0.29) is 11.8 Å². The third-order valence-corrected chi connectivity index (χ3v) is 9.25. The Hall–Kier alpha value is -4.00. The number of carboxylic acids is 1. The standard InChI is InChI=1S/C34H40N4O3/c1-8-27(34(40)41)31(28-12-13-29-32(23(28)7)35-36-38(29)9-2)25-11-10-24-14-15-37(18-26(24)17-25)33(39)30-21(5)19(3)16-20(4)22(30)6/h10-13,16-17,27,31H,8-9,14-15,18H2,1-7H3,(H,40,41)/t27?,31-/m1/s1. The number of rotatable bonds is 7. The van der Waals surface area contributed by atoms with E-state index in [1.807, 2.05) is 56.3 Å². The van der Waals surface area contributed by atoms with Crippen molar-refractivity contribution in [1.82, 2.24) is 19.9 Å². The van der Waals surface area contributed by atoms with Gasteiger partial charge in [0.2, 0.25) is 0 Å². The number of aromatic nitrogens is 3. The van der Waals surface area contributed by atoms with Crippen molar-refractivity contribution in [3.63, 3.8) is 0 Å². The normalized spacial score (nSPS) is 14.7. The molecular formula is C34H40N4O3. The number of aliphatic carboxylic acids is 1. The van der Waals surface area contributed by atoms with Gasteiger partial charge in [-0.15, -0.1) is 5.10 Å². The van der Waals surface area contributed by atoms with Crippen LogP contribution in [0.5, 0.6) is 0 Å². The van der Waals surface area contributed by atoms with E-state index in [0.29, 0.717) is 26.1 Å². The molecule has 0 spiro atoms. The third kappa shape index (κ3) is 4.92. The average Bonchev–Trinajstić information content (AvgIpc) is 3.39. The van der Waals surface area contributed by atoms with Crippen LogP contribution in [0.25, 0.3) is 11.0 Å². The van der Waals surface area contributed by atoms with Gasteiger partial charge in [0.1, 0.15) is 5.52 Å². The summed E-state index contributed by atoms with van der Waals surface area (Å²) >= 11 is 0. The molecule has 1 aliphatic heterocycles. The van der Waals surface area contributed by atoms with Gasteiger partial charge in [0.05, 0.1) is 11.4 Å². The minimum atomic E-state index is -0.815. The Morgan fingerprint density at radius 2 is 1.63 bits per heavy atom. The molecule has 5 rings (SSSR count). The van der Waals surface area contributed by atoms with Gasteiger partial charge in [0.15, 0.2) is 0 Å². The predicted molar refractivity (Wildman–Crippen MR) is 161 cm³/mol. The van der Waals surface area contributed by atoms with E-state index in [2.05, 4.69) is 48.4 Å². The van der Waals surface area contributed by atoms with E-state index < -0.39 is 11.9 Å². The number of amides is 1. The molecule has 3 aromatic carbocycles. The Balaban J connectivity index is 1.56. The maximum absolute atomic E-state index is 13.9. The first-order valence-corrected chi connectivity index (χ1v) is 14.6. The van der Waals surface area contributed by atoms with Crippen molar-refractivity contribution >= 4 is 22.9 Å². The topological polar surface area (TPSA) is 88.3 Å². The summed E-state index contributed by atoms with van der Waals surface area (Å²) in [5.74, 6) is -1.71. The van der Waals surface area contributed by atoms with Gasteiger partial charge >= 0.3 is 5.97 Å². The van der Waals surface area contributed by atoms with Crippen LogP contribution in [-0.4, -0.2) is 43.4 Å². The summed E-state index contributed by atoms with van der Waals surface area (Å²) in [4.78, 5) is 28.4. The molecule has 7 heteroatoms. The van der Waals surface area contributed by atoms with Crippen LogP contribution in [0.3, 0.4) is 0 Å². The van der Waals surface area contributed by atoms with Gasteiger partial charge in [-0.3, -0.25) is 9.59 Å². The van der Waals surface area contributed by atoms with Gasteiger partial charge in [-0.1, -0.05) is 42.5 Å². The molecule has 7 nitrogen and oxygen atoms in total. The van der Waals surface area contributed by atoms with Gasteiger partial charge in [-0.05, 0) is 111 Å². The van der Waals surface area contributed by atoms with Crippen LogP contribution >= 0.6 is 0 Å². The van der Waals surface area contributed by atoms with Crippen LogP contribution in [0.2, 0.25) is 0 Å². The largest absolute Gasteiger partial charge is 0.481 e. The smallest absolute Gasteiger partial charge is 0.307 e. The van der Waals surface area contributed by atoms with Crippen molar-refractivity contribution in [2.75, 3.05) is 6.54 Å². The van der Waals surface area contributed by atoms with E-state index in [9.17, 15) is 14.7 Å². The minimum Gasteiger partial charge on any atom is -0.481 e. The summed E-state index contributed by atoms with van der Waals surface area (Å²) in [6.45, 7) is 16.0. The molecule has 1 N–H and O–H groups in total. The summed E-state index contributed by atoms with van der Waals surface area (Å²) in [6, 6.07) is 12.5. The first-order chi connectivity index (χ1) is 19.6. The molecule has 1 aromatic heterocycles. The zero-order chi connectivity index (χ0) is 29.6. The highest BCUT2D eigenvalue weighted by atomic mass is 16.4. The predicted octanol–water partition coefficient (Wildman–Crippen LogP) is 6.43. The lowest BCUT2D eigenvalue weighted by atomic mass is 9.76. The maximum Gasteiger partial charge on any atom is 0.307 e. The molecule has 0 bridgehead atoms. The first kappa shape index (κ1) is 28.5. The van der Waals surface area contributed by atoms with Crippen LogP contribution in [-0.2, 0) is 24.3 Å².